The lowest BCUT2D eigenvalue weighted by atomic mass is 10.0. The molecule has 0 aliphatic rings. The monoisotopic (exact) mass is 472 g/mol. The zero-order valence-electron chi connectivity index (χ0n) is 17.0. The highest BCUT2D eigenvalue weighted by Crippen LogP contribution is 2.30. The van der Waals surface area contributed by atoms with Gasteiger partial charge in [0.25, 0.3) is 0 Å². The van der Waals surface area contributed by atoms with Crippen molar-refractivity contribution in [2.45, 2.75) is 32.9 Å². The topological polar surface area (TPSA) is 54.9 Å². The molecule has 4 aromatic rings. The van der Waals surface area contributed by atoms with Crippen LogP contribution in [0.15, 0.2) is 54.6 Å². The summed E-state index contributed by atoms with van der Waals surface area (Å²) in [6, 6.07) is 17.8. The molecule has 1 heterocycles. The van der Waals surface area contributed by atoms with E-state index in [1.807, 2.05) is 35.0 Å². The quantitative estimate of drug-likeness (QED) is 0.281. The molecule has 0 bridgehead atoms. The van der Waals surface area contributed by atoms with Gasteiger partial charge in [-0.05, 0) is 53.2 Å². The SMILES string of the molecule is CCCc1n[nH]c(=S)n1NCc1c(OCc2ccc(Cl)c(Cl)c2)ccc2ccccc12. The van der Waals surface area contributed by atoms with Crippen molar-refractivity contribution in [3.63, 3.8) is 0 Å². The van der Waals surface area contributed by atoms with E-state index in [1.165, 1.54) is 0 Å². The van der Waals surface area contributed by atoms with E-state index in [1.54, 1.807) is 6.07 Å². The lowest BCUT2D eigenvalue weighted by Gasteiger charge is -2.17. The summed E-state index contributed by atoms with van der Waals surface area (Å²) in [6.45, 7) is 3.03. The number of H-pyrrole nitrogens is 1. The molecule has 1 aromatic heterocycles. The Morgan fingerprint density at radius 2 is 1.94 bits per heavy atom. The molecule has 0 fully saturated rings. The lowest BCUT2D eigenvalue weighted by molar-refractivity contribution is 0.303. The second-order valence-corrected chi connectivity index (χ2v) is 8.37. The third-order valence-corrected chi connectivity index (χ3v) is 6.02. The summed E-state index contributed by atoms with van der Waals surface area (Å²) >= 11 is 17.6. The van der Waals surface area contributed by atoms with Crippen LogP contribution in [0.1, 0.15) is 30.3 Å². The molecule has 160 valence electrons. The fraction of sp³-hybridized carbons (Fsp3) is 0.217. The number of aromatic amines is 1. The Balaban J connectivity index is 1.63. The zero-order valence-corrected chi connectivity index (χ0v) is 19.3. The standard InChI is InChI=1S/C23H22Cl2N4OS/c1-2-5-22-27-28-23(31)29(22)26-13-18-17-7-4-3-6-16(17)9-11-21(18)30-14-15-8-10-19(24)20(25)12-15/h3-4,6-12,26H,2,5,13-14H2,1H3,(H,28,31). The van der Waals surface area contributed by atoms with Gasteiger partial charge >= 0.3 is 0 Å². The predicted octanol–water partition coefficient (Wildman–Crippen LogP) is 6.68. The molecule has 0 aliphatic heterocycles. The van der Waals surface area contributed by atoms with Gasteiger partial charge in [-0.3, -0.25) is 5.10 Å². The van der Waals surface area contributed by atoms with Gasteiger partial charge in [-0.1, -0.05) is 66.5 Å². The molecule has 0 spiro atoms. The number of aryl methyl sites for hydroxylation is 1. The Morgan fingerprint density at radius 3 is 2.74 bits per heavy atom. The first kappa shape index (κ1) is 21.7. The highest BCUT2D eigenvalue weighted by molar-refractivity contribution is 7.71. The molecule has 0 unspecified atom stereocenters. The van der Waals surface area contributed by atoms with Crippen LogP contribution >= 0.6 is 35.4 Å². The number of hydrogen-bond donors (Lipinski definition) is 2. The number of ether oxygens (including phenoxy) is 1. The molecule has 3 aromatic carbocycles. The van der Waals surface area contributed by atoms with E-state index >= 15 is 0 Å². The molecule has 2 N–H and O–H groups in total. The van der Waals surface area contributed by atoms with E-state index < -0.39 is 0 Å². The van der Waals surface area contributed by atoms with Crippen LogP contribution in [0, 0.1) is 4.77 Å². The van der Waals surface area contributed by atoms with Crippen molar-refractivity contribution in [1.82, 2.24) is 14.9 Å². The number of hydrogen-bond acceptors (Lipinski definition) is 4. The molecule has 31 heavy (non-hydrogen) atoms. The molecule has 0 saturated carbocycles. The number of nitrogens with zero attached hydrogens (tertiary/aromatic N) is 2. The van der Waals surface area contributed by atoms with Crippen molar-refractivity contribution in [2.75, 3.05) is 5.43 Å². The largest absolute Gasteiger partial charge is 0.489 e. The summed E-state index contributed by atoms with van der Waals surface area (Å²) in [7, 11) is 0. The predicted molar refractivity (Wildman–Crippen MR) is 129 cm³/mol. The van der Waals surface area contributed by atoms with Gasteiger partial charge in [0, 0.05) is 12.0 Å². The first-order valence-corrected chi connectivity index (χ1v) is 11.2. The number of benzene rings is 3. The van der Waals surface area contributed by atoms with Gasteiger partial charge in [-0.2, -0.15) is 5.10 Å². The van der Waals surface area contributed by atoms with Gasteiger partial charge in [0.1, 0.15) is 12.4 Å². The summed E-state index contributed by atoms with van der Waals surface area (Å²) in [6.07, 6.45) is 1.81. The highest BCUT2D eigenvalue weighted by Gasteiger charge is 2.12. The summed E-state index contributed by atoms with van der Waals surface area (Å²) in [5.74, 6) is 1.68. The Hall–Kier alpha value is -2.54. The van der Waals surface area contributed by atoms with E-state index in [2.05, 4.69) is 40.7 Å². The van der Waals surface area contributed by atoms with Crippen LogP contribution in [0.5, 0.6) is 5.75 Å². The Labute approximate surface area is 195 Å². The minimum absolute atomic E-state index is 0.383. The van der Waals surface area contributed by atoms with E-state index in [0.29, 0.717) is 28.0 Å². The third kappa shape index (κ3) is 4.87. The maximum atomic E-state index is 6.20. The van der Waals surface area contributed by atoms with Crippen LogP contribution in [0.25, 0.3) is 10.8 Å². The average molecular weight is 473 g/mol. The molecule has 8 heteroatoms. The minimum Gasteiger partial charge on any atom is -0.489 e. The summed E-state index contributed by atoms with van der Waals surface area (Å²) in [4.78, 5) is 0. The van der Waals surface area contributed by atoms with Crippen molar-refractivity contribution in [3.05, 3.63) is 86.4 Å². The second-order valence-electron chi connectivity index (χ2n) is 7.17. The van der Waals surface area contributed by atoms with Crippen LogP contribution < -0.4 is 10.2 Å². The van der Waals surface area contributed by atoms with Crippen LogP contribution in [0.2, 0.25) is 10.0 Å². The first-order valence-electron chi connectivity index (χ1n) is 10.0. The Kier molecular flexibility index (Phi) is 6.80. The molecule has 5 nitrogen and oxygen atoms in total. The van der Waals surface area contributed by atoms with Gasteiger partial charge in [-0.25, -0.2) is 4.68 Å². The minimum atomic E-state index is 0.383. The fourth-order valence-electron chi connectivity index (χ4n) is 3.47. The van der Waals surface area contributed by atoms with Gasteiger partial charge in [0.2, 0.25) is 4.77 Å². The summed E-state index contributed by atoms with van der Waals surface area (Å²) < 4.78 is 8.58. The summed E-state index contributed by atoms with van der Waals surface area (Å²) in [5.41, 5.74) is 5.40. The number of nitrogens with one attached hydrogen (secondary N) is 2. The maximum Gasteiger partial charge on any atom is 0.214 e. The van der Waals surface area contributed by atoms with Crippen LogP contribution in [-0.4, -0.2) is 14.9 Å². The van der Waals surface area contributed by atoms with Crippen molar-refractivity contribution < 1.29 is 4.74 Å². The van der Waals surface area contributed by atoms with Crippen molar-refractivity contribution in [2.24, 2.45) is 0 Å². The van der Waals surface area contributed by atoms with Gasteiger partial charge in [-0.15, -0.1) is 0 Å². The van der Waals surface area contributed by atoms with E-state index in [0.717, 1.165) is 46.3 Å². The van der Waals surface area contributed by atoms with Crippen LogP contribution in [-0.2, 0) is 19.6 Å². The van der Waals surface area contributed by atoms with E-state index in [-0.39, 0.29) is 0 Å². The average Bonchev–Trinajstić information content (AvgIpc) is 3.12. The van der Waals surface area contributed by atoms with Crippen LogP contribution in [0.3, 0.4) is 0 Å². The normalized spacial score (nSPS) is 11.1. The number of rotatable bonds is 8. The molecular weight excluding hydrogens is 451 g/mol. The first-order chi connectivity index (χ1) is 15.1. The van der Waals surface area contributed by atoms with E-state index in [9.17, 15) is 0 Å². The molecule has 0 atom stereocenters. The molecule has 0 saturated heterocycles. The van der Waals surface area contributed by atoms with E-state index in [4.69, 9.17) is 40.2 Å². The van der Waals surface area contributed by atoms with Crippen molar-refractivity contribution >= 4 is 46.2 Å². The second kappa shape index (κ2) is 9.73. The third-order valence-electron chi connectivity index (χ3n) is 5.01. The molecular formula is C23H22Cl2N4OS. The zero-order chi connectivity index (χ0) is 21.8. The Morgan fingerprint density at radius 1 is 1.10 bits per heavy atom. The van der Waals surface area contributed by atoms with Crippen molar-refractivity contribution in [1.29, 1.82) is 0 Å². The molecule has 0 radical (unpaired) electrons. The maximum absolute atomic E-state index is 6.20. The van der Waals surface area contributed by atoms with Gasteiger partial charge in [0.05, 0.1) is 16.6 Å². The van der Waals surface area contributed by atoms with Crippen LogP contribution in [0.4, 0.5) is 0 Å². The number of aromatic nitrogens is 3. The van der Waals surface area contributed by atoms with Gasteiger partial charge in [0.15, 0.2) is 5.82 Å². The smallest absolute Gasteiger partial charge is 0.214 e. The summed E-state index contributed by atoms with van der Waals surface area (Å²) in [5, 5.41) is 10.5. The molecule has 4 rings (SSSR count). The number of fused-ring (bicyclic) bond motifs is 1. The lowest BCUT2D eigenvalue weighted by Crippen LogP contribution is -2.18. The number of halogens is 2. The Bertz CT molecular complexity index is 1270. The fourth-order valence-corrected chi connectivity index (χ4v) is 4.00. The highest BCUT2D eigenvalue weighted by atomic mass is 35.5. The van der Waals surface area contributed by atoms with Gasteiger partial charge < -0.3 is 10.2 Å². The van der Waals surface area contributed by atoms with Crippen molar-refractivity contribution in [3.8, 4) is 5.75 Å². The molecule has 0 aliphatic carbocycles. The molecule has 0 amide bonds.